The lowest BCUT2D eigenvalue weighted by Gasteiger charge is -2.19. The molecule has 0 radical (unpaired) electrons. The van der Waals surface area contributed by atoms with E-state index in [1.165, 1.54) is 17.9 Å². The topological polar surface area (TPSA) is 157 Å². The Morgan fingerprint density at radius 2 is 1.90 bits per heavy atom. The maximum Gasteiger partial charge on any atom is 0.333 e. The molecule has 1 amide bonds. The Labute approximate surface area is 224 Å². The van der Waals surface area contributed by atoms with Gasteiger partial charge >= 0.3 is 5.69 Å². The molecule has 6 rings (SSSR count). The van der Waals surface area contributed by atoms with Gasteiger partial charge in [-0.25, -0.2) is 38.1 Å². The largest absolute Gasteiger partial charge is 0.340 e. The highest BCUT2D eigenvalue weighted by molar-refractivity contribution is 5.93. The lowest BCUT2D eigenvalue weighted by Crippen LogP contribution is -2.40. The van der Waals surface area contributed by atoms with Gasteiger partial charge in [0.25, 0.3) is 11.5 Å². The van der Waals surface area contributed by atoms with Gasteiger partial charge in [-0.1, -0.05) is 6.07 Å². The molecule has 204 valence electrons. The molecule has 3 atom stereocenters. The number of aryl methyl sites for hydroxylation is 1. The van der Waals surface area contributed by atoms with Crippen LogP contribution in [0.25, 0.3) is 22.4 Å². The molecule has 1 saturated heterocycles. The molecule has 13 nitrogen and oxygen atoms in total. The summed E-state index contributed by atoms with van der Waals surface area (Å²) < 4.78 is 30.2. The summed E-state index contributed by atoms with van der Waals surface area (Å²) in [5.41, 5.74) is -0.250. The number of halogens is 2. The number of aromatic nitrogens is 7. The number of imidazole rings is 1. The van der Waals surface area contributed by atoms with Crippen molar-refractivity contribution in [2.45, 2.75) is 25.4 Å². The van der Waals surface area contributed by atoms with Gasteiger partial charge in [-0.15, -0.1) is 0 Å². The summed E-state index contributed by atoms with van der Waals surface area (Å²) in [7, 11) is 1.43. The minimum Gasteiger partial charge on any atom is -0.340 e. The van der Waals surface area contributed by atoms with Crippen molar-refractivity contribution in [1.29, 1.82) is 5.26 Å². The Bertz CT molecular complexity index is 1810. The van der Waals surface area contributed by atoms with Crippen LogP contribution in [0.15, 0.2) is 46.5 Å². The van der Waals surface area contributed by atoms with Crippen molar-refractivity contribution in [3.8, 4) is 17.3 Å². The van der Waals surface area contributed by atoms with Gasteiger partial charge in [-0.3, -0.25) is 14.2 Å². The molecule has 0 bridgehead atoms. The summed E-state index contributed by atoms with van der Waals surface area (Å²) in [5, 5.41) is 11.7. The zero-order chi connectivity index (χ0) is 28.3. The Morgan fingerprint density at radius 3 is 2.58 bits per heavy atom. The standard InChI is InChI=1S/C25H22F2N10O3/c1-13(37-12-31-20-19(37)22(39)36(7-6-28)24(40)34(20)2)21(38)33-18-5-3-4-17(32-18)14-8-29-23(30-9-14)35-10-15-16(11-35)25(15,26)27/h3-5,8-9,12-13,15-16H,7,10-11H2,1-2H3,(H,32,33,38)/t13-,15-,16?/m0/s1. The van der Waals surface area contributed by atoms with E-state index in [0.29, 0.717) is 17.2 Å². The number of nitriles is 1. The van der Waals surface area contributed by atoms with E-state index in [9.17, 15) is 23.2 Å². The number of nitrogens with zero attached hydrogens (tertiary/aromatic N) is 9. The highest BCUT2D eigenvalue weighted by Gasteiger charge is 2.72. The molecule has 1 N–H and O–H groups in total. The van der Waals surface area contributed by atoms with Crippen LogP contribution in [0.5, 0.6) is 0 Å². The van der Waals surface area contributed by atoms with Crippen molar-refractivity contribution in [2.24, 2.45) is 18.9 Å². The van der Waals surface area contributed by atoms with Gasteiger partial charge < -0.3 is 14.8 Å². The Morgan fingerprint density at radius 1 is 1.20 bits per heavy atom. The zero-order valence-electron chi connectivity index (χ0n) is 21.3. The second-order valence-electron chi connectivity index (χ2n) is 9.85. The third kappa shape index (κ3) is 3.91. The highest BCUT2D eigenvalue weighted by Crippen LogP contribution is 2.59. The first-order valence-corrected chi connectivity index (χ1v) is 12.4. The van der Waals surface area contributed by atoms with Crippen LogP contribution in [0, 0.1) is 23.2 Å². The minimum atomic E-state index is -2.58. The van der Waals surface area contributed by atoms with Crippen molar-refractivity contribution in [3.63, 3.8) is 0 Å². The lowest BCUT2D eigenvalue weighted by molar-refractivity contribution is -0.118. The molecule has 0 aromatic carbocycles. The predicted octanol–water partition coefficient (Wildman–Crippen LogP) is 1.17. The molecule has 4 aromatic rings. The van der Waals surface area contributed by atoms with E-state index in [0.717, 1.165) is 9.13 Å². The van der Waals surface area contributed by atoms with Gasteiger partial charge in [-0.2, -0.15) is 5.26 Å². The number of hydrogen-bond acceptors (Lipinski definition) is 9. The van der Waals surface area contributed by atoms with Gasteiger partial charge in [0.15, 0.2) is 11.2 Å². The SMILES string of the molecule is C[C@@H](C(=O)Nc1cccc(-c2cnc(N3CC4[C@H](C3)C4(F)F)nc2)n1)n1cnc2c1c(=O)n(CC#N)c(=O)n2C. The minimum absolute atomic E-state index is 0.0120. The third-order valence-corrected chi connectivity index (χ3v) is 7.50. The summed E-state index contributed by atoms with van der Waals surface area (Å²) in [6, 6.07) is 5.87. The fourth-order valence-electron chi connectivity index (χ4n) is 5.10. The molecule has 1 aliphatic heterocycles. The number of alkyl halides is 2. The average Bonchev–Trinajstić information content (AvgIpc) is 3.38. The molecule has 1 unspecified atom stereocenters. The summed E-state index contributed by atoms with van der Waals surface area (Å²) >= 11 is 0. The first-order chi connectivity index (χ1) is 19.1. The molecule has 2 fully saturated rings. The van der Waals surface area contributed by atoms with Crippen molar-refractivity contribution < 1.29 is 13.6 Å². The van der Waals surface area contributed by atoms with E-state index in [2.05, 4.69) is 25.3 Å². The van der Waals surface area contributed by atoms with Gasteiger partial charge in [-0.05, 0) is 19.1 Å². The third-order valence-electron chi connectivity index (χ3n) is 7.50. The van der Waals surface area contributed by atoms with Crippen LogP contribution in [-0.4, -0.2) is 58.6 Å². The molecule has 1 aliphatic carbocycles. The van der Waals surface area contributed by atoms with E-state index in [1.54, 1.807) is 48.5 Å². The smallest absolute Gasteiger partial charge is 0.333 e. The maximum atomic E-state index is 13.5. The molecular formula is C25H22F2N10O3. The fourth-order valence-corrected chi connectivity index (χ4v) is 5.10. The van der Waals surface area contributed by atoms with Gasteiger partial charge in [0, 0.05) is 38.1 Å². The Hall–Kier alpha value is -5.00. The number of carbonyl (C=O) groups excluding carboxylic acids is 1. The van der Waals surface area contributed by atoms with E-state index in [-0.39, 0.29) is 30.1 Å². The lowest BCUT2D eigenvalue weighted by atomic mass is 10.2. The van der Waals surface area contributed by atoms with Crippen molar-refractivity contribution in [2.75, 3.05) is 23.3 Å². The number of amides is 1. The highest BCUT2D eigenvalue weighted by atomic mass is 19.3. The van der Waals surface area contributed by atoms with Crippen LogP contribution in [0.4, 0.5) is 20.5 Å². The number of fused-ring (bicyclic) bond motifs is 2. The number of nitrogens with one attached hydrogen (secondary N) is 1. The number of carbonyl (C=O) groups is 1. The van der Waals surface area contributed by atoms with Crippen LogP contribution in [0.1, 0.15) is 13.0 Å². The van der Waals surface area contributed by atoms with Crippen molar-refractivity contribution in [1.82, 2.24) is 33.6 Å². The second kappa shape index (κ2) is 9.04. The quantitative estimate of drug-likeness (QED) is 0.374. The Balaban J connectivity index is 1.20. The average molecular weight is 549 g/mol. The number of hydrogen-bond donors (Lipinski definition) is 1. The monoisotopic (exact) mass is 548 g/mol. The molecule has 4 aromatic heterocycles. The second-order valence-corrected chi connectivity index (χ2v) is 9.85. The molecular weight excluding hydrogens is 526 g/mol. The molecule has 1 saturated carbocycles. The molecule has 2 aliphatic rings. The van der Waals surface area contributed by atoms with E-state index in [1.807, 2.05) is 0 Å². The van der Waals surface area contributed by atoms with Crippen LogP contribution in [0.2, 0.25) is 0 Å². The fraction of sp³-hybridized carbons (Fsp3) is 0.360. The Kier molecular flexibility index (Phi) is 5.71. The normalized spacial score (nSPS) is 19.7. The predicted molar refractivity (Wildman–Crippen MR) is 138 cm³/mol. The molecule has 5 heterocycles. The summed E-state index contributed by atoms with van der Waals surface area (Å²) in [5.74, 6) is -3.73. The number of pyridine rings is 1. The first kappa shape index (κ1) is 25.3. The van der Waals surface area contributed by atoms with E-state index < -0.39 is 47.5 Å². The van der Waals surface area contributed by atoms with Crippen molar-refractivity contribution in [3.05, 3.63) is 57.8 Å². The van der Waals surface area contributed by atoms with E-state index in [4.69, 9.17) is 5.26 Å². The van der Waals surface area contributed by atoms with E-state index >= 15 is 0 Å². The number of anilines is 2. The van der Waals surface area contributed by atoms with Gasteiger partial charge in [0.2, 0.25) is 11.9 Å². The van der Waals surface area contributed by atoms with Gasteiger partial charge in [0.05, 0.1) is 29.9 Å². The van der Waals surface area contributed by atoms with Crippen molar-refractivity contribution >= 4 is 28.8 Å². The molecule has 40 heavy (non-hydrogen) atoms. The van der Waals surface area contributed by atoms with Crippen LogP contribution >= 0.6 is 0 Å². The van der Waals surface area contributed by atoms with Gasteiger partial charge in [0.1, 0.15) is 18.4 Å². The summed E-state index contributed by atoms with van der Waals surface area (Å²) in [6.45, 7) is 1.57. The van der Waals surface area contributed by atoms with Crippen LogP contribution in [-0.2, 0) is 18.4 Å². The maximum absolute atomic E-state index is 13.5. The molecule has 15 heteroatoms. The summed E-state index contributed by atoms with van der Waals surface area (Å²) in [4.78, 5) is 57.5. The first-order valence-electron chi connectivity index (χ1n) is 12.4. The molecule has 0 spiro atoms. The zero-order valence-corrected chi connectivity index (χ0v) is 21.3. The van der Waals surface area contributed by atoms with Crippen LogP contribution < -0.4 is 21.5 Å². The summed E-state index contributed by atoms with van der Waals surface area (Å²) in [6.07, 6.45) is 4.39. The van der Waals surface area contributed by atoms with Crippen LogP contribution in [0.3, 0.4) is 0 Å². The number of rotatable bonds is 6. The number of piperidine rings is 1.